The Morgan fingerprint density at radius 2 is 1.97 bits per heavy atom. The first-order chi connectivity index (χ1) is 14.2. The molecule has 0 radical (unpaired) electrons. The van der Waals surface area contributed by atoms with E-state index in [9.17, 15) is 9.59 Å². The van der Waals surface area contributed by atoms with Crippen LogP contribution in [-0.2, 0) is 28.9 Å². The highest BCUT2D eigenvalue weighted by Gasteiger charge is 2.37. The Morgan fingerprint density at radius 3 is 2.69 bits per heavy atom. The molecule has 1 unspecified atom stereocenters. The number of nitrogens with zero attached hydrogens (tertiary/aromatic N) is 2. The Labute approximate surface area is 171 Å². The molecule has 0 saturated carbocycles. The number of pyridine rings is 1. The van der Waals surface area contributed by atoms with Crippen molar-refractivity contribution in [2.45, 2.75) is 44.2 Å². The van der Waals surface area contributed by atoms with E-state index in [1.54, 1.807) is 6.20 Å². The summed E-state index contributed by atoms with van der Waals surface area (Å²) in [6, 6.07) is 12.3. The summed E-state index contributed by atoms with van der Waals surface area (Å²) in [5, 5.41) is 5.92. The molecule has 1 aromatic heterocycles. The number of rotatable bonds is 7. The van der Waals surface area contributed by atoms with Gasteiger partial charge < -0.3 is 10.6 Å². The van der Waals surface area contributed by atoms with Crippen LogP contribution in [-0.4, -0.2) is 53.4 Å². The highest BCUT2D eigenvalue weighted by molar-refractivity contribution is 5.88. The minimum Gasteiger partial charge on any atom is -0.356 e. The first-order valence-electron chi connectivity index (χ1n) is 10.5. The second-order valence-electron chi connectivity index (χ2n) is 7.89. The second kappa shape index (κ2) is 9.18. The van der Waals surface area contributed by atoms with Crippen LogP contribution in [0, 0.1) is 0 Å². The third-order valence-corrected chi connectivity index (χ3v) is 5.94. The molecule has 2 aliphatic rings. The average Bonchev–Trinajstić information content (AvgIpc) is 3.17. The third-order valence-electron chi connectivity index (χ3n) is 5.94. The van der Waals surface area contributed by atoms with E-state index in [2.05, 4.69) is 44.8 Å². The molecule has 6 nitrogen and oxygen atoms in total. The number of aromatic nitrogens is 1. The Bertz CT molecular complexity index is 830. The van der Waals surface area contributed by atoms with E-state index in [0.717, 1.165) is 32.2 Å². The highest BCUT2D eigenvalue weighted by atomic mass is 16.2. The predicted molar refractivity (Wildman–Crippen MR) is 111 cm³/mol. The number of hydrogen-bond donors (Lipinski definition) is 2. The number of nitrogens with one attached hydrogen (secondary N) is 2. The maximum Gasteiger partial charge on any atom is 0.237 e. The summed E-state index contributed by atoms with van der Waals surface area (Å²) in [6.07, 6.45) is 7.46. The molecule has 1 aliphatic carbocycles. The summed E-state index contributed by atoms with van der Waals surface area (Å²) in [5.74, 6) is -0.0866. The van der Waals surface area contributed by atoms with E-state index in [1.165, 1.54) is 16.7 Å². The monoisotopic (exact) mass is 392 g/mol. The van der Waals surface area contributed by atoms with Crippen LogP contribution in [0.3, 0.4) is 0 Å². The molecule has 2 N–H and O–H groups in total. The number of carbonyl (C=O) groups excluding carboxylic acids is 2. The predicted octanol–water partition coefficient (Wildman–Crippen LogP) is 1.49. The molecule has 152 valence electrons. The Hall–Kier alpha value is -2.73. The van der Waals surface area contributed by atoms with Gasteiger partial charge in [-0.25, -0.2) is 0 Å². The molecule has 6 heteroatoms. The minimum atomic E-state index is -0.388. The van der Waals surface area contributed by atoms with Crippen LogP contribution in [0.15, 0.2) is 48.8 Å². The molecule has 1 fully saturated rings. The van der Waals surface area contributed by atoms with Crippen LogP contribution in [0.25, 0.3) is 0 Å². The fourth-order valence-corrected chi connectivity index (χ4v) is 4.46. The van der Waals surface area contributed by atoms with Gasteiger partial charge in [0.05, 0.1) is 12.5 Å². The van der Waals surface area contributed by atoms with Crippen LogP contribution in [0.5, 0.6) is 0 Å². The zero-order valence-electron chi connectivity index (χ0n) is 16.6. The van der Waals surface area contributed by atoms with Crippen molar-refractivity contribution in [3.05, 3.63) is 65.5 Å². The molecule has 29 heavy (non-hydrogen) atoms. The van der Waals surface area contributed by atoms with Crippen molar-refractivity contribution in [3.8, 4) is 0 Å². The molecule has 0 spiro atoms. The maximum atomic E-state index is 12.5. The number of aryl methyl sites for hydroxylation is 1. The third kappa shape index (κ3) is 4.82. The average molecular weight is 393 g/mol. The number of fused-ring (bicyclic) bond motifs is 1. The number of benzene rings is 1. The van der Waals surface area contributed by atoms with Gasteiger partial charge in [0.2, 0.25) is 11.8 Å². The van der Waals surface area contributed by atoms with Crippen LogP contribution < -0.4 is 10.6 Å². The molecule has 0 bridgehead atoms. The quantitative estimate of drug-likeness (QED) is 0.700. The summed E-state index contributed by atoms with van der Waals surface area (Å²) >= 11 is 0. The second-order valence-corrected chi connectivity index (χ2v) is 7.89. The lowest BCUT2D eigenvalue weighted by Gasteiger charge is -2.38. The van der Waals surface area contributed by atoms with Crippen molar-refractivity contribution in [3.63, 3.8) is 0 Å². The van der Waals surface area contributed by atoms with Gasteiger partial charge in [-0.05, 0) is 48.4 Å². The van der Waals surface area contributed by atoms with Crippen molar-refractivity contribution in [1.82, 2.24) is 20.5 Å². The molecular weight excluding hydrogens is 364 g/mol. The lowest BCUT2D eigenvalue weighted by atomic mass is 10.0. The lowest BCUT2D eigenvalue weighted by Crippen LogP contribution is -2.59. The van der Waals surface area contributed by atoms with Crippen molar-refractivity contribution in [2.24, 2.45) is 0 Å². The fraction of sp³-hybridized carbons (Fsp3) is 0.435. The Morgan fingerprint density at radius 1 is 1.17 bits per heavy atom. The van der Waals surface area contributed by atoms with E-state index in [0.29, 0.717) is 19.1 Å². The van der Waals surface area contributed by atoms with Gasteiger partial charge in [0.25, 0.3) is 0 Å². The largest absolute Gasteiger partial charge is 0.356 e. The Kier molecular flexibility index (Phi) is 6.20. The highest BCUT2D eigenvalue weighted by Crippen LogP contribution is 2.28. The summed E-state index contributed by atoms with van der Waals surface area (Å²) in [5.41, 5.74) is 3.89. The molecule has 1 saturated heterocycles. The standard InChI is InChI=1S/C23H28N4O2/c28-22(25-10-4-6-17-5-3-9-24-16-17)15-21-23(29)26-11-12-27(21)20-13-18-7-1-2-8-19(18)14-20/h1-3,5,7-9,16,20-21H,4,6,10-15H2,(H,25,28)(H,26,29). The van der Waals surface area contributed by atoms with Gasteiger partial charge in [-0.3, -0.25) is 19.5 Å². The van der Waals surface area contributed by atoms with Gasteiger partial charge in [-0.15, -0.1) is 0 Å². The summed E-state index contributed by atoms with van der Waals surface area (Å²) < 4.78 is 0. The number of carbonyl (C=O) groups is 2. The zero-order valence-corrected chi connectivity index (χ0v) is 16.6. The molecule has 2 heterocycles. The van der Waals surface area contributed by atoms with Crippen LogP contribution in [0.4, 0.5) is 0 Å². The fourth-order valence-electron chi connectivity index (χ4n) is 4.46. The zero-order chi connectivity index (χ0) is 20.1. The van der Waals surface area contributed by atoms with Crippen LogP contribution >= 0.6 is 0 Å². The van der Waals surface area contributed by atoms with E-state index in [1.807, 2.05) is 18.3 Å². The van der Waals surface area contributed by atoms with Crippen LogP contribution in [0.1, 0.15) is 29.5 Å². The summed E-state index contributed by atoms with van der Waals surface area (Å²) in [4.78, 5) is 31.4. The van der Waals surface area contributed by atoms with Gasteiger partial charge in [-0.1, -0.05) is 30.3 Å². The molecule has 2 aromatic rings. The van der Waals surface area contributed by atoms with E-state index >= 15 is 0 Å². The molecule has 4 rings (SSSR count). The molecule has 1 aromatic carbocycles. The van der Waals surface area contributed by atoms with Crippen molar-refractivity contribution in [1.29, 1.82) is 0 Å². The topological polar surface area (TPSA) is 74.3 Å². The van der Waals surface area contributed by atoms with Gasteiger partial charge >= 0.3 is 0 Å². The summed E-state index contributed by atoms with van der Waals surface area (Å²) in [6.45, 7) is 2.05. The first kappa shape index (κ1) is 19.6. The van der Waals surface area contributed by atoms with E-state index in [-0.39, 0.29) is 24.3 Å². The minimum absolute atomic E-state index is 0.0299. The van der Waals surface area contributed by atoms with E-state index in [4.69, 9.17) is 0 Å². The SMILES string of the molecule is O=C(CC1C(=O)NCCN1C1Cc2ccccc2C1)NCCCc1cccnc1. The molecule has 2 amide bonds. The molecular formula is C23H28N4O2. The van der Waals surface area contributed by atoms with E-state index < -0.39 is 0 Å². The first-order valence-corrected chi connectivity index (χ1v) is 10.5. The maximum absolute atomic E-state index is 12.5. The number of piperazine rings is 1. The van der Waals surface area contributed by atoms with Gasteiger partial charge in [0.1, 0.15) is 0 Å². The van der Waals surface area contributed by atoms with Crippen LogP contribution in [0.2, 0.25) is 0 Å². The molecule has 1 atom stereocenters. The Balaban J connectivity index is 1.29. The van der Waals surface area contributed by atoms with Crippen molar-refractivity contribution >= 4 is 11.8 Å². The lowest BCUT2D eigenvalue weighted by molar-refractivity contribution is -0.135. The smallest absolute Gasteiger partial charge is 0.237 e. The van der Waals surface area contributed by atoms with Gasteiger partial charge in [-0.2, -0.15) is 0 Å². The normalized spacial score (nSPS) is 19.6. The van der Waals surface area contributed by atoms with Gasteiger partial charge in [0, 0.05) is 38.1 Å². The molecule has 1 aliphatic heterocycles. The number of hydrogen-bond acceptors (Lipinski definition) is 4. The van der Waals surface area contributed by atoms with Crippen molar-refractivity contribution < 1.29 is 9.59 Å². The van der Waals surface area contributed by atoms with Gasteiger partial charge in [0.15, 0.2) is 0 Å². The number of amides is 2. The van der Waals surface area contributed by atoms with Crippen molar-refractivity contribution in [2.75, 3.05) is 19.6 Å². The summed E-state index contributed by atoms with van der Waals surface area (Å²) in [7, 11) is 0.